The van der Waals surface area contributed by atoms with E-state index >= 15 is 0 Å². The highest BCUT2D eigenvalue weighted by Crippen LogP contribution is 2.18. The van der Waals surface area contributed by atoms with E-state index in [4.69, 9.17) is 16.3 Å². The molecule has 1 aromatic carbocycles. The van der Waals surface area contributed by atoms with Gasteiger partial charge in [-0.2, -0.15) is 0 Å². The Balaban J connectivity index is 2.17. The van der Waals surface area contributed by atoms with Crippen molar-refractivity contribution in [3.05, 3.63) is 47.3 Å². The maximum Gasteiger partial charge on any atom is 0.415 e. The molecule has 0 saturated carbocycles. The first kappa shape index (κ1) is 16.4. The molecule has 0 radical (unpaired) electrons. The molecule has 22 heavy (non-hydrogen) atoms. The fraction of sp³-hybridized carbons (Fsp3) is 0.375. The van der Waals surface area contributed by atoms with Gasteiger partial charge in [-0.05, 0) is 38.5 Å². The zero-order chi connectivity index (χ0) is 16.3. The van der Waals surface area contributed by atoms with E-state index in [9.17, 15) is 9.59 Å². The second-order valence-corrected chi connectivity index (χ2v) is 6.49. The molecule has 0 unspecified atom stereocenters. The quantitative estimate of drug-likeness (QED) is 0.910. The Labute approximate surface area is 134 Å². The number of amides is 2. The summed E-state index contributed by atoms with van der Waals surface area (Å²) in [6, 6.07) is 6.53. The van der Waals surface area contributed by atoms with Gasteiger partial charge in [0.15, 0.2) is 0 Å². The van der Waals surface area contributed by atoms with Crippen LogP contribution in [0.2, 0.25) is 5.02 Å². The summed E-state index contributed by atoms with van der Waals surface area (Å²) >= 11 is 5.86. The average molecular weight is 323 g/mol. The Morgan fingerprint density at radius 1 is 1.32 bits per heavy atom. The van der Waals surface area contributed by atoms with Crippen LogP contribution in [0.4, 0.5) is 4.79 Å². The van der Waals surface area contributed by atoms with Gasteiger partial charge in [0.2, 0.25) is 5.91 Å². The zero-order valence-electron chi connectivity index (χ0n) is 12.8. The second kappa shape index (κ2) is 6.40. The summed E-state index contributed by atoms with van der Waals surface area (Å²) < 4.78 is 5.35. The van der Waals surface area contributed by atoms with Crippen molar-refractivity contribution in [1.29, 1.82) is 0 Å². The average Bonchev–Trinajstić information content (AvgIpc) is 2.41. The number of carbonyl (C=O) groups excluding carboxylic acids is 2. The first-order valence-corrected chi connectivity index (χ1v) is 7.37. The molecule has 1 aromatic rings. The van der Waals surface area contributed by atoms with Crippen molar-refractivity contribution in [3.63, 3.8) is 0 Å². The van der Waals surface area contributed by atoms with Crippen molar-refractivity contribution in [1.82, 2.24) is 10.2 Å². The van der Waals surface area contributed by atoms with E-state index in [-0.39, 0.29) is 5.91 Å². The maximum absolute atomic E-state index is 12.3. The van der Waals surface area contributed by atoms with Gasteiger partial charge >= 0.3 is 6.09 Å². The summed E-state index contributed by atoms with van der Waals surface area (Å²) in [5.41, 5.74) is 0.289. The molecule has 6 heteroatoms. The maximum atomic E-state index is 12.3. The van der Waals surface area contributed by atoms with Crippen LogP contribution in [0.1, 0.15) is 26.3 Å². The minimum absolute atomic E-state index is 0.247. The molecule has 0 aromatic heterocycles. The highest BCUT2D eigenvalue weighted by molar-refractivity contribution is 6.30. The molecule has 0 spiro atoms. The second-order valence-electron chi connectivity index (χ2n) is 6.06. The monoisotopic (exact) mass is 322 g/mol. The van der Waals surface area contributed by atoms with Crippen LogP contribution < -0.4 is 5.32 Å². The highest BCUT2D eigenvalue weighted by Gasteiger charge is 2.33. The minimum atomic E-state index is -0.652. The van der Waals surface area contributed by atoms with Gasteiger partial charge < -0.3 is 10.1 Å². The predicted octanol–water partition coefficient (Wildman–Crippen LogP) is 3.09. The molecule has 0 bridgehead atoms. The molecule has 1 aliphatic heterocycles. The Morgan fingerprint density at radius 2 is 1.95 bits per heavy atom. The van der Waals surface area contributed by atoms with E-state index in [1.807, 2.05) is 12.1 Å². The van der Waals surface area contributed by atoms with Crippen molar-refractivity contribution in [2.75, 3.05) is 0 Å². The third-order valence-electron chi connectivity index (χ3n) is 3.05. The topological polar surface area (TPSA) is 58.6 Å². The Bertz CT molecular complexity index is 590. The molecule has 0 saturated heterocycles. The summed E-state index contributed by atoms with van der Waals surface area (Å²) in [6.07, 6.45) is 2.80. The minimum Gasteiger partial charge on any atom is -0.443 e. The molecule has 1 heterocycles. The van der Waals surface area contributed by atoms with E-state index in [1.54, 1.807) is 32.9 Å². The van der Waals surface area contributed by atoms with Crippen LogP contribution in [0.5, 0.6) is 0 Å². The molecule has 2 amide bonds. The SMILES string of the molecule is CC(C)(C)OC(=O)N1C=CNC(=O)[C@@H]1Cc1ccc(Cl)cc1. The van der Waals surface area contributed by atoms with Gasteiger partial charge in [-0.1, -0.05) is 23.7 Å². The number of nitrogens with zero attached hydrogens (tertiary/aromatic N) is 1. The smallest absolute Gasteiger partial charge is 0.415 e. The fourth-order valence-corrected chi connectivity index (χ4v) is 2.19. The lowest BCUT2D eigenvalue weighted by molar-refractivity contribution is -0.125. The van der Waals surface area contributed by atoms with Crippen LogP contribution >= 0.6 is 11.6 Å². The largest absolute Gasteiger partial charge is 0.443 e. The predicted molar refractivity (Wildman–Crippen MR) is 84.3 cm³/mol. The molecule has 2 rings (SSSR count). The number of benzene rings is 1. The molecule has 118 valence electrons. The molecule has 1 aliphatic rings. The van der Waals surface area contributed by atoms with Crippen LogP contribution in [0.25, 0.3) is 0 Å². The Hall–Kier alpha value is -2.01. The van der Waals surface area contributed by atoms with Crippen molar-refractivity contribution in [3.8, 4) is 0 Å². The number of nitrogens with one attached hydrogen (secondary N) is 1. The number of hydrogen-bond acceptors (Lipinski definition) is 3. The van der Waals surface area contributed by atoms with Gasteiger partial charge in [0.25, 0.3) is 0 Å². The normalized spacial score (nSPS) is 18.1. The summed E-state index contributed by atoms with van der Waals surface area (Å²) in [6.45, 7) is 5.35. The molecule has 0 fully saturated rings. The van der Waals surface area contributed by atoms with Crippen LogP contribution in [-0.2, 0) is 16.0 Å². The van der Waals surface area contributed by atoms with Crippen molar-refractivity contribution >= 4 is 23.6 Å². The van der Waals surface area contributed by atoms with E-state index in [0.29, 0.717) is 11.4 Å². The van der Waals surface area contributed by atoms with Gasteiger partial charge in [0.1, 0.15) is 11.6 Å². The number of rotatable bonds is 2. The summed E-state index contributed by atoms with van der Waals surface area (Å²) in [5.74, 6) is -0.247. The lowest BCUT2D eigenvalue weighted by atomic mass is 10.0. The molecular weight excluding hydrogens is 304 g/mol. The van der Waals surface area contributed by atoms with E-state index < -0.39 is 17.7 Å². The zero-order valence-corrected chi connectivity index (χ0v) is 13.6. The van der Waals surface area contributed by atoms with E-state index in [0.717, 1.165) is 5.56 Å². The highest BCUT2D eigenvalue weighted by atomic mass is 35.5. The number of carbonyl (C=O) groups is 2. The molecule has 1 atom stereocenters. The van der Waals surface area contributed by atoms with Gasteiger partial charge in [-0.3, -0.25) is 9.69 Å². The van der Waals surface area contributed by atoms with Gasteiger partial charge in [-0.15, -0.1) is 0 Å². The first-order chi connectivity index (χ1) is 10.3. The molecular formula is C16H19ClN2O3. The first-order valence-electron chi connectivity index (χ1n) is 6.99. The lowest BCUT2D eigenvalue weighted by Crippen LogP contribution is -2.51. The van der Waals surface area contributed by atoms with E-state index in [1.165, 1.54) is 17.3 Å². The third kappa shape index (κ3) is 4.24. The molecule has 5 nitrogen and oxygen atoms in total. The lowest BCUT2D eigenvalue weighted by Gasteiger charge is -2.32. The van der Waals surface area contributed by atoms with Gasteiger partial charge in [-0.25, -0.2) is 4.79 Å². The standard InChI is InChI=1S/C16H19ClN2O3/c1-16(2,3)22-15(21)19-9-8-18-14(20)13(19)10-11-4-6-12(17)7-5-11/h4-9,13H,10H2,1-3H3,(H,18,20)/t13-/m0/s1. The number of ether oxygens (including phenoxy) is 1. The Kier molecular flexibility index (Phi) is 4.76. The van der Waals surface area contributed by atoms with Crippen LogP contribution in [0.15, 0.2) is 36.7 Å². The Morgan fingerprint density at radius 3 is 2.55 bits per heavy atom. The number of halogens is 1. The number of hydrogen-bond donors (Lipinski definition) is 1. The van der Waals surface area contributed by atoms with Crippen molar-refractivity contribution in [2.24, 2.45) is 0 Å². The third-order valence-corrected chi connectivity index (χ3v) is 3.30. The summed E-state index contributed by atoms with van der Waals surface area (Å²) in [7, 11) is 0. The van der Waals surface area contributed by atoms with Gasteiger partial charge in [0.05, 0.1) is 0 Å². The van der Waals surface area contributed by atoms with Crippen LogP contribution in [0, 0.1) is 0 Å². The summed E-state index contributed by atoms with van der Waals surface area (Å²) in [5, 5.41) is 3.24. The van der Waals surface area contributed by atoms with Crippen LogP contribution in [0.3, 0.4) is 0 Å². The summed E-state index contributed by atoms with van der Waals surface area (Å²) in [4.78, 5) is 25.7. The fourth-order valence-electron chi connectivity index (χ4n) is 2.06. The van der Waals surface area contributed by atoms with Crippen LogP contribution in [-0.4, -0.2) is 28.5 Å². The molecule has 1 N–H and O–H groups in total. The van der Waals surface area contributed by atoms with Crippen molar-refractivity contribution in [2.45, 2.75) is 38.8 Å². The molecule has 0 aliphatic carbocycles. The van der Waals surface area contributed by atoms with Crippen molar-refractivity contribution < 1.29 is 14.3 Å². The van der Waals surface area contributed by atoms with E-state index in [2.05, 4.69) is 5.32 Å². The van der Waals surface area contributed by atoms with Gasteiger partial charge in [0, 0.05) is 23.8 Å².